The number of amides is 1. The third kappa shape index (κ3) is 3.12. The number of aromatic amines is 1. The molecule has 100 valence electrons. The smallest absolute Gasteiger partial charge is 0.221 e. The number of nitrogens with one attached hydrogen (secondary N) is 3. The number of pyridine rings is 1. The van der Waals surface area contributed by atoms with E-state index in [1.54, 1.807) is 6.20 Å². The van der Waals surface area contributed by atoms with Crippen molar-refractivity contribution in [2.24, 2.45) is 0 Å². The first-order chi connectivity index (χ1) is 9.33. The SMILES string of the molecule is O=C(CCNCc1c[nH]c2ncccc12)NC1CC1. The van der Waals surface area contributed by atoms with Crippen LogP contribution in [0.2, 0.25) is 0 Å². The van der Waals surface area contributed by atoms with E-state index in [4.69, 9.17) is 0 Å². The Morgan fingerprint density at radius 3 is 3.21 bits per heavy atom. The molecule has 2 aromatic heterocycles. The van der Waals surface area contributed by atoms with E-state index in [1.807, 2.05) is 12.3 Å². The predicted octanol–water partition coefficient (Wildman–Crippen LogP) is 1.32. The molecule has 1 fully saturated rings. The van der Waals surface area contributed by atoms with Crippen molar-refractivity contribution in [1.29, 1.82) is 0 Å². The zero-order valence-electron chi connectivity index (χ0n) is 10.8. The minimum Gasteiger partial charge on any atom is -0.353 e. The van der Waals surface area contributed by atoms with Gasteiger partial charge in [-0.2, -0.15) is 0 Å². The minimum absolute atomic E-state index is 0.149. The van der Waals surface area contributed by atoms with Gasteiger partial charge in [0.25, 0.3) is 0 Å². The summed E-state index contributed by atoms with van der Waals surface area (Å²) in [6.07, 6.45) is 6.56. The Balaban J connectivity index is 1.45. The first-order valence-corrected chi connectivity index (χ1v) is 6.74. The number of H-pyrrole nitrogens is 1. The second kappa shape index (κ2) is 5.40. The van der Waals surface area contributed by atoms with Gasteiger partial charge in [-0.15, -0.1) is 0 Å². The van der Waals surface area contributed by atoms with E-state index in [9.17, 15) is 4.79 Å². The Morgan fingerprint density at radius 1 is 1.47 bits per heavy atom. The highest BCUT2D eigenvalue weighted by atomic mass is 16.1. The van der Waals surface area contributed by atoms with Crippen LogP contribution < -0.4 is 10.6 Å². The van der Waals surface area contributed by atoms with E-state index in [0.29, 0.717) is 19.0 Å². The molecular weight excluding hydrogens is 240 g/mol. The molecule has 1 amide bonds. The number of rotatable bonds is 6. The van der Waals surface area contributed by atoms with Crippen LogP contribution in [0.25, 0.3) is 11.0 Å². The van der Waals surface area contributed by atoms with Crippen LogP contribution >= 0.6 is 0 Å². The van der Waals surface area contributed by atoms with Crippen molar-refractivity contribution in [3.8, 4) is 0 Å². The average Bonchev–Trinajstić information content (AvgIpc) is 3.14. The molecule has 3 N–H and O–H groups in total. The molecule has 5 nitrogen and oxygen atoms in total. The molecular formula is C14H18N4O. The van der Waals surface area contributed by atoms with Crippen molar-refractivity contribution >= 4 is 16.9 Å². The molecule has 0 spiro atoms. The van der Waals surface area contributed by atoms with Crippen LogP contribution in [0.4, 0.5) is 0 Å². The van der Waals surface area contributed by atoms with Crippen molar-refractivity contribution in [2.45, 2.75) is 31.8 Å². The standard InChI is InChI=1S/C14H18N4O/c19-13(18-11-3-4-11)5-7-15-8-10-9-17-14-12(10)2-1-6-16-14/h1-2,6,9,11,15H,3-5,7-8H2,(H,16,17)(H,18,19). The summed E-state index contributed by atoms with van der Waals surface area (Å²) in [5, 5.41) is 7.41. The lowest BCUT2D eigenvalue weighted by molar-refractivity contribution is -0.121. The Bertz CT molecular complexity index is 574. The van der Waals surface area contributed by atoms with E-state index in [2.05, 4.69) is 26.7 Å². The van der Waals surface area contributed by atoms with Gasteiger partial charge in [0.2, 0.25) is 5.91 Å². The topological polar surface area (TPSA) is 69.8 Å². The first kappa shape index (κ1) is 12.2. The number of hydrogen-bond donors (Lipinski definition) is 3. The summed E-state index contributed by atoms with van der Waals surface area (Å²) in [5.74, 6) is 0.149. The summed E-state index contributed by atoms with van der Waals surface area (Å²) in [6.45, 7) is 1.45. The molecule has 0 radical (unpaired) electrons. The molecule has 5 heteroatoms. The average molecular weight is 258 g/mol. The van der Waals surface area contributed by atoms with Crippen molar-refractivity contribution in [1.82, 2.24) is 20.6 Å². The molecule has 1 aliphatic carbocycles. The lowest BCUT2D eigenvalue weighted by Gasteiger charge is -2.05. The summed E-state index contributed by atoms with van der Waals surface area (Å²) in [5.41, 5.74) is 2.09. The Kier molecular flexibility index (Phi) is 3.46. The quantitative estimate of drug-likeness (QED) is 0.684. The second-order valence-corrected chi connectivity index (χ2v) is 4.98. The zero-order valence-corrected chi connectivity index (χ0v) is 10.8. The molecule has 0 bridgehead atoms. The van der Waals surface area contributed by atoms with E-state index >= 15 is 0 Å². The molecule has 1 aliphatic rings. The molecule has 3 rings (SSSR count). The van der Waals surface area contributed by atoms with Crippen LogP contribution in [0.1, 0.15) is 24.8 Å². The zero-order chi connectivity index (χ0) is 13.1. The third-order valence-electron chi connectivity index (χ3n) is 3.32. The van der Waals surface area contributed by atoms with Gasteiger partial charge < -0.3 is 15.6 Å². The van der Waals surface area contributed by atoms with Gasteiger partial charge in [0.1, 0.15) is 5.65 Å². The maximum absolute atomic E-state index is 11.5. The van der Waals surface area contributed by atoms with Gasteiger partial charge in [-0.05, 0) is 30.5 Å². The van der Waals surface area contributed by atoms with E-state index in [1.165, 1.54) is 5.56 Å². The minimum atomic E-state index is 0.149. The fraction of sp³-hybridized carbons (Fsp3) is 0.429. The number of hydrogen-bond acceptors (Lipinski definition) is 3. The molecule has 19 heavy (non-hydrogen) atoms. The number of nitrogens with zero attached hydrogens (tertiary/aromatic N) is 1. The lowest BCUT2D eigenvalue weighted by atomic mass is 10.2. The second-order valence-electron chi connectivity index (χ2n) is 4.98. The van der Waals surface area contributed by atoms with Crippen LogP contribution in [-0.4, -0.2) is 28.5 Å². The number of carbonyl (C=O) groups is 1. The summed E-state index contributed by atoms with van der Waals surface area (Å²) < 4.78 is 0. The third-order valence-corrected chi connectivity index (χ3v) is 3.32. The number of aromatic nitrogens is 2. The lowest BCUT2D eigenvalue weighted by Crippen LogP contribution is -2.28. The highest BCUT2D eigenvalue weighted by Gasteiger charge is 2.22. The molecule has 0 atom stereocenters. The van der Waals surface area contributed by atoms with Crippen LogP contribution in [0.15, 0.2) is 24.5 Å². The van der Waals surface area contributed by atoms with Crippen LogP contribution in [-0.2, 0) is 11.3 Å². The number of carbonyl (C=O) groups excluding carboxylic acids is 1. The molecule has 2 aromatic rings. The van der Waals surface area contributed by atoms with Crippen molar-refractivity contribution in [2.75, 3.05) is 6.54 Å². The van der Waals surface area contributed by atoms with Crippen LogP contribution in [0.3, 0.4) is 0 Å². The largest absolute Gasteiger partial charge is 0.353 e. The molecule has 0 unspecified atom stereocenters. The monoisotopic (exact) mass is 258 g/mol. The maximum atomic E-state index is 11.5. The molecule has 0 aliphatic heterocycles. The van der Waals surface area contributed by atoms with Crippen molar-refractivity contribution in [3.05, 3.63) is 30.1 Å². The van der Waals surface area contributed by atoms with Gasteiger partial charge in [0, 0.05) is 43.3 Å². The van der Waals surface area contributed by atoms with Crippen molar-refractivity contribution in [3.63, 3.8) is 0 Å². The van der Waals surface area contributed by atoms with E-state index < -0.39 is 0 Å². The molecule has 1 saturated carbocycles. The van der Waals surface area contributed by atoms with Gasteiger partial charge in [-0.1, -0.05) is 0 Å². The Morgan fingerprint density at radius 2 is 2.37 bits per heavy atom. The fourth-order valence-corrected chi connectivity index (χ4v) is 2.11. The fourth-order valence-electron chi connectivity index (χ4n) is 2.11. The van der Waals surface area contributed by atoms with E-state index in [0.717, 1.165) is 30.4 Å². The van der Waals surface area contributed by atoms with Gasteiger partial charge in [-0.3, -0.25) is 4.79 Å². The van der Waals surface area contributed by atoms with Crippen LogP contribution in [0, 0.1) is 0 Å². The van der Waals surface area contributed by atoms with E-state index in [-0.39, 0.29) is 5.91 Å². The summed E-state index contributed by atoms with van der Waals surface area (Å²) in [6, 6.07) is 4.44. The molecule has 0 aromatic carbocycles. The Hall–Kier alpha value is -1.88. The summed E-state index contributed by atoms with van der Waals surface area (Å²) in [7, 11) is 0. The molecule has 0 saturated heterocycles. The first-order valence-electron chi connectivity index (χ1n) is 6.74. The van der Waals surface area contributed by atoms with Crippen molar-refractivity contribution < 1.29 is 4.79 Å². The summed E-state index contributed by atoms with van der Waals surface area (Å²) >= 11 is 0. The van der Waals surface area contributed by atoms with Gasteiger partial charge in [-0.25, -0.2) is 4.98 Å². The molecule has 2 heterocycles. The summed E-state index contributed by atoms with van der Waals surface area (Å²) in [4.78, 5) is 18.9. The van der Waals surface area contributed by atoms with Gasteiger partial charge in [0.15, 0.2) is 0 Å². The predicted molar refractivity (Wildman–Crippen MR) is 73.6 cm³/mol. The van der Waals surface area contributed by atoms with Crippen LogP contribution in [0.5, 0.6) is 0 Å². The Labute approximate surface area is 111 Å². The normalized spacial score (nSPS) is 14.7. The highest BCUT2D eigenvalue weighted by Crippen LogP contribution is 2.18. The highest BCUT2D eigenvalue weighted by molar-refractivity contribution is 5.79. The maximum Gasteiger partial charge on any atom is 0.221 e. The van der Waals surface area contributed by atoms with Gasteiger partial charge in [0.05, 0.1) is 0 Å². The van der Waals surface area contributed by atoms with Gasteiger partial charge >= 0.3 is 0 Å². The number of fused-ring (bicyclic) bond motifs is 1.